The van der Waals surface area contributed by atoms with Crippen LogP contribution in [0.2, 0.25) is 0 Å². The van der Waals surface area contributed by atoms with Crippen LogP contribution in [-0.4, -0.2) is 4.92 Å². The van der Waals surface area contributed by atoms with E-state index in [-0.39, 0.29) is 11.3 Å². The monoisotopic (exact) mass is 254 g/mol. The summed E-state index contributed by atoms with van der Waals surface area (Å²) < 4.78 is 5.56. The van der Waals surface area contributed by atoms with E-state index in [1.807, 2.05) is 25.1 Å². The molecule has 19 heavy (non-hydrogen) atoms. The van der Waals surface area contributed by atoms with Crippen molar-refractivity contribution in [2.24, 2.45) is 0 Å². The quantitative estimate of drug-likeness (QED) is 0.619. The Morgan fingerprint density at radius 2 is 1.95 bits per heavy atom. The number of nitro groups is 1. The van der Waals surface area contributed by atoms with Crippen molar-refractivity contribution in [1.82, 2.24) is 0 Å². The third-order valence-electron chi connectivity index (χ3n) is 2.51. The molecule has 2 rings (SSSR count). The van der Waals surface area contributed by atoms with E-state index in [1.54, 1.807) is 12.1 Å². The predicted octanol–water partition coefficient (Wildman–Crippen LogP) is 3.57. The first kappa shape index (κ1) is 12.6. The van der Waals surface area contributed by atoms with Gasteiger partial charge in [-0.25, -0.2) is 0 Å². The lowest BCUT2D eigenvalue weighted by Crippen LogP contribution is -1.93. The maximum Gasteiger partial charge on any atom is 0.287 e. The third-order valence-corrected chi connectivity index (χ3v) is 2.51. The average molecular weight is 254 g/mol. The number of benzene rings is 2. The molecule has 0 bridgehead atoms. The number of hydrogen-bond acceptors (Lipinski definition) is 4. The molecule has 2 aromatic rings. The minimum absolute atomic E-state index is 0.0184. The Morgan fingerprint density at radius 3 is 2.58 bits per heavy atom. The molecule has 0 aliphatic rings. The van der Waals surface area contributed by atoms with E-state index in [9.17, 15) is 10.1 Å². The van der Waals surface area contributed by atoms with Gasteiger partial charge in [-0.15, -0.1) is 0 Å². The van der Waals surface area contributed by atoms with Gasteiger partial charge >= 0.3 is 0 Å². The van der Waals surface area contributed by atoms with Crippen molar-refractivity contribution in [2.45, 2.75) is 6.92 Å². The van der Waals surface area contributed by atoms with Crippen LogP contribution in [0.15, 0.2) is 42.5 Å². The zero-order valence-corrected chi connectivity index (χ0v) is 10.2. The topological polar surface area (TPSA) is 76.2 Å². The summed E-state index contributed by atoms with van der Waals surface area (Å²) in [5.41, 5.74) is 0.800. The molecule has 5 heteroatoms. The SMILES string of the molecule is Cc1cccc(Oc2ccc([N+](=O)[O-])c(C#N)c2)c1. The van der Waals surface area contributed by atoms with Gasteiger partial charge < -0.3 is 4.74 Å². The second-order valence-electron chi connectivity index (χ2n) is 3.97. The number of rotatable bonds is 3. The second kappa shape index (κ2) is 5.19. The molecule has 0 unspecified atom stereocenters. The van der Waals surface area contributed by atoms with Gasteiger partial charge in [-0.05, 0) is 30.7 Å². The summed E-state index contributed by atoms with van der Waals surface area (Å²) in [6.07, 6.45) is 0. The molecular formula is C14H10N2O3. The highest BCUT2D eigenvalue weighted by molar-refractivity contribution is 5.52. The van der Waals surface area contributed by atoms with Crippen LogP contribution in [0.4, 0.5) is 5.69 Å². The summed E-state index contributed by atoms with van der Waals surface area (Å²) in [5, 5.41) is 19.6. The minimum Gasteiger partial charge on any atom is -0.457 e. The van der Waals surface area contributed by atoms with Crippen LogP contribution in [0.1, 0.15) is 11.1 Å². The van der Waals surface area contributed by atoms with E-state index < -0.39 is 4.92 Å². The highest BCUT2D eigenvalue weighted by Crippen LogP contribution is 2.27. The van der Waals surface area contributed by atoms with Crippen molar-refractivity contribution in [3.8, 4) is 17.6 Å². The van der Waals surface area contributed by atoms with Crippen LogP contribution in [0.3, 0.4) is 0 Å². The fourth-order valence-corrected chi connectivity index (χ4v) is 1.64. The van der Waals surface area contributed by atoms with Gasteiger partial charge in [0.05, 0.1) is 4.92 Å². The smallest absolute Gasteiger partial charge is 0.287 e. The molecule has 0 amide bonds. The molecule has 0 radical (unpaired) electrons. The van der Waals surface area contributed by atoms with E-state index in [4.69, 9.17) is 10.00 Å². The Kier molecular flexibility index (Phi) is 3.44. The molecule has 0 heterocycles. The van der Waals surface area contributed by atoms with Gasteiger partial charge in [0.25, 0.3) is 5.69 Å². The largest absolute Gasteiger partial charge is 0.457 e. The van der Waals surface area contributed by atoms with Gasteiger partial charge in [0.1, 0.15) is 23.1 Å². The maximum absolute atomic E-state index is 10.7. The van der Waals surface area contributed by atoms with E-state index >= 15 is 0 Å². The summed E-state index contributed by atoms with van der Waals surface area (Å²) in [6.45, 7) is 1.93. The normalized spacial score (nSPS) is 9.68. The van der Waals surface area contributed by atoms with Gasteiger partial charge in [0, 0.05) is 12.1 Å². The molecule has 0 saturated heterocycles. The van der Waals surface area contributed by atoms with Crippen LogP contribution in [0, 0.1) is 28.4 Å². The second-order valence-corrected chi connectivity index (χ2v) is 3.97. The zero-order chi connectivity index (χ0) is 13.8. The molecule has 0 aliphatic carbocycles. The van der Waals surface area contributed by atoms with Crippen molar-refractivity contribution in [3.63, 3.8) is 0 Å². The zero-order valence-electron chi connectivity index (χ0n) is 10.2. The molecule has 0 saturated carbocycles. The highest BCUT2D eigenvalue weighted by Gasteiger charge is 2.14. The first-order chi connectivity index (χ1) is 9.10. The van der Waals surface area contributed by atoms with E-state index in [2.05, 4.69) is 0 Å². The molecule has 2 aromatic carbocycles. The van der Waals surface area contributed by atoms with Crippen molar-refractivity contribution in [1.29, 1.82) is 5.26 Å². The van der Waals surface area contributed by atoms with Gasteiger partial charge in [0.15, 0.2) is 0 Å². The fourth-order valence-electron chi connectivity index (χ4n) is 1.64. The summed E-state index contributed by atoms with van der Waals surface area (Å²) in [6, 6.07) is 13.3. The molecule has 5 nitrogen and oxygen atoms in total. The van der Waals surface area contributed by atoms with Crippen LogP contribution in [-0.2, 0) is 0 Å². The maximum atomic E-state index is 10.7. The number of nitro benzene ring substituents is 1. The van der Waals surface area contributed by atoms with Crippen LogP contribution >= 0.6 is 0 Å². The Balaban J connectivity index is 2.32. The van der Waals surface area contributed by atoms with E-state index in [0.29, 0.717) is 11.5 Å². The van der Waals surface area contributed by atoms with Crippen LogP contribution in [0.5, 0.6) is 11.5 Å². The van der Waals surface area contributed by atoms with Crippen molar-refractivity contribution in [3.05, 3.63) is 63.7 Å². The third kappa shape index (κ3) is 2.87. The predicted molar refractivity (Wildman–Crippen MR) is 69.1 cm³/mol. The Labute approximate surface area is 109 Å². The van der Waals surface area contributed by atoms with Gasteiger partial charge in [-0.1, -0.05) is 12.1 Å². The Hall–Kier alpha value is -2.87. The fraction of sp³-hybridized carbons (Fsp3) is 0.0714. The molecular weight excluding hydrogens is 244 g/mol. The standard InChI is InChI=1S/C14H10N2O3/c1-10-3-2-4-12(7-10)19-13-5-6-14(16(17)18)11(8-13)9-15/h2-8H,1H3. The Bertz CT molecular complexity index is 675. The van der Waals surface area contributed by atoms with Gasteiger partial charge in [-0.3, -0.25) is 10.1 Å². The first-order valence-electron chi connectivity index (χ1n) is 5.53. The van der Waals surface area contributed by atoms with Crippen molar-refractivity contribution in [2.75, 3.05) is 0 Å². The number of aryl methyl sites for hydroxylation is 1. The molecule has 0 fully saturated rings. The van der Waals surface area contributed by atoms with Crippen molar-refractivity contribution < 1.29 is 9.66 Å². The number of nitrogens with zero attached hydrogens (tertiary/aromatic N) is 2. The molecule has 94 valence electrons. The summed E-state index contributed by atoms with van der Waals surface area (Å²) in [4.78, 5) is 10.1. The molecule has 0 spiro atoms. The van der Waals surface area contributed by atoms with E-state index in [0.717, 1.165) is 5.56 Å². The minimum atomic E-state index is -0.588. The van der Waals surface area contributed by atoms with E-state index in [1.165, 1.54) is 18.2 Å². The number of hydrogen-bond donors (Lipinski definition) is 0. The number of ether oxygens (including phenoxy) is 1. The average Bonchev–Trinajstić information content (AvgIpc) is 2.38. The lowest BCUT2D eigenvalue weighted by atomic mass is 10.2. The summed E-state index contributed by atoms with van der Waals surface area (Å²) in [7, 11) is 0. The van der Waals surface area contributed by atoms with Gasteiger partial charge in [0.2, 0.25) is 0 Å². The molecule has 0 aliphatic heterocycles. The highest BCUT2D eigenvalue weighted by atomic mass is 16.6. The molecule has 0 atom stereocenters. The van der Waals surface area contributed by atoms with Gasteiger partial charge in [-0.2, -0.15) is 5.26 Å². The number of nitriles is 1. The summed E-state index contributed by atoms with van der Waals surface area (Å²) in [5.74, 6) is 1.02. The lowest BCUT2D eigenvalue weighted by Gasteiger charge is -2.06. The van der Waals surface area contributed by atoms with Crippen LogP contribution in [0.25, 0.3) is 0 Å². The molecule has 0 N–H and O–H groups in total. The lowest BCUT2D eigenvalue weighted by molar-refractivity contribution is -0.385. The molecule has 0 aromatic heterocycles. The first-order valence-corrected chi connectivity index (χ1v) is 5.53. The summed E-state index contributed by atoms with van der Waals surface area (Å²) >= 11 is 0. The Morgan fingerprint density at radius 1 is 1.21 bits per heavy atom. The van der Waals surface area contributed by atoms with Crippen molar-refractivity contribution >= 4 is 5.69 Å². The van der Waals surface area contributed by atoms with Crippen LogP contribution < -0.4 is 4.74 Å².